The van der Waals surface area contributed by atoms with Crippen molar-refractivity contribution in [3.05, 3.63) is 23.8 Å². The van der Waals surface area contributed by atoms with E-state index in [0.29, 0.717) is 11.8 Å². The van der Waals surface area contributed by atoms with Crippen molar-refractivity contribution < 1.29 is 4.79 Å². The van der Waals surface area contributed by atoms with Crippen LogP contribution in [0.5, 0.6) is 0 Å². The molecule has 4 heteroatoms. The SMILES string of the molecule is Cc1c(N)cccc1SCC(=O)N(C)C1CCCCC1. The number of nitrogens with zero attached hydrogens (tertiary/aromatic N) is 1. The number of thioether (sulfide) groups is 1. The Bertz CT molecular complexity index is 470. The summed E-state index contributed by atoms with van der Waals surface area (Å²) in [5, 5.41) is 0. The van der Waals surface area contributed by atoms with E-state index in [1.54, 1.807) is 11.8 Å². The second-order valence-corrected chi connectivity index (χ2v) is 6.57. The molecule has 0 spiro atoms. The molecule has 0 unspecified atom stereocenters. The predicted molar refractivity (Wildman–Crippen MR) is 86.0 cm³/mol. The number of hydrogen-bond acceptors (Lipinski definition) is 3. The number of nitrogen functional groups attached to an aromatic ring is 1. The van der Waals surface area contributed by atoms with Gasteiger partial charge in [-0.1, -0.05) is 25.3 Å². The van der Waals surface area contributed by atoms with E-state index in [-0.39, 0.29) is 5.91 Å². The van der Waals surface area contributed by atoms with Crippen molar-refractivity contribution in [3.8, 4) is 0 Å². The molecule has 1 aromatic carbocycles. The van der Waals surface area contributed by atoms with Gasteiger partial charge >= 0.3 is 0 Å². The normalized spacial score (nSPS) is 16.1. The lowest BCUT2D eigenvalue weighted by Gasteiger charge is -2.31. The third kappa shape index (κ3) is 3.69. The summed E-state index contributed by atoms with van der Waals surface area (Å²) in [7, 11) is 1.95. The highest BCUT2D eigenvalue weighted by Gasteiger charge is 2.22. The average molecular weight is 292 g/mol. The van der Waals surface area contributed by atoms with Gasteiger partial charge in [0.15, 0.2) is 0 Å². The zero-order valence-electron chi connectivity index (χ0n) is 12.4. The molecular formula is C16H24N2OS. The van der Waals surface area contributed by atoms with Crippen molar-refractivity contribution in [2.24, 2.45) is 0 Å². The van der Waals surface area contributed by atoms with E-state index < -0.39 is 0 Å². The predicted octanol–water partition coefficient (Wildman–Crippen LogP) is 3.46. The molecule has 2 N–H and O–H groups in total. The van der Waals surface area contributed by atoms with E-state index >= 15 is 0 Å². The van der Waals surface area contributed by atoms with Crippen LogP contribution in [0.25, 0.3) is 0 Å². The van der Waals surface area contributed by atoms with Crippen molar-refractivity contribution >= 4 is 23.4 Å². The molecule has 20 heavy (non-hydrogen) atoms. The van der Waals surface area contributed by atoms with Gasteiger partial charge in [0, 0.05) is 23.7 Å². The fraction of sp³-hybridized carbons (Fsp3) is 0.562. The Morgan fingerprint density at radius 2 is 2.05 bits per heavy atom. The Morgan fingerprint density at radius 1 is 1.35 bits per heavy atom. The van der Waals surface area contributed by atoms with Gasteiger partial charge in [-0.05, 0) is 37.5 Å². The van der Waals surface area contributed by atoms with Gasteiger partial charge in [0.05, 0.1) is 5.75 Å². The first kappa shape index (κ1) is 15.2. The third-order valence-corrected chi connectivity index (χ3v) is 5.34. The lowest BCUT2D eigenvalue weighted by Crippen LogP contribution is -2.39. The van der Waals surface area contributed by atoms with E-state index in [2.05, 4.69) is 0 Å². The molecule has 0 saturated heterocycles. The molecule has 1 saturated carbocycles. The molecule has 1 aliphatic rings. The summed E-state index contributed by atoms with van der Waals surface area (Å²) in [6.07, 6.45) is 6.14. The minimum absolute atomic E-state index is 0.226. The van der Waals surface area contributed by atoms with Crippen LogP contribution in [0.15, 0.2) is 23.1 Å². The smallest absolute Gasteiger partial charge is 0.232 e. The van der Waals surface area contributed by atoms with Crippen LogP contribution in [0.2, 0.25) is 0 Å². The summed E-state index contributed by atoms with van der Waals surface area (Å²) in [4.78, 5) is 15.3. The number of benzene rings is 1. The van der Waals surface area contributed by atoms with E-state index in [4.69, 9.17) is 5.73 Å². The van der Waals surface area contributed by atoms with Gasteiger partial charge in [-0.15, -0.1) is 11.8 Å². The highest BCUT2D eigenvalue weighted by Crippen LogP contribution is 2.27. The topological polar surface area (TPSA) is 46.3 Å². The largest absolute Gasteiger partial charge is 0.398 e. The van der Waals surface area contributed by atoms with Crippen LogP contribution in [0.3, 0.4) is 0 Å². The molecule has 1 amide bonds. The molecule has 3 nitrogen and oxygen atoms in total. The maximum atomic E-state index is 12.3. The molecule has 0 aliphatic heterocycles. The van der Waals surface area contributed by atoms with E-state index in [1.165, 1.54) is 19.3 Å². The first-order valence-electron chi connectivity index (χ1n) is 7.33. The van der Waals surface area contributed by atoms with E-state index in [9.17, 15) is 4.79 Å². The summed E-state index contributed by atoms with van der Waals surface area (Å²) in [5.41, 5.74) is 7.76. The number of hydrogen-bond donors (Lipinski definition) is 1. The molecule has 2 rings (SSSR count). The third-order valence-electron chi connectivity index (χ3n) is 4.19. The van der Waals surface area contributed by atoms with Crippen molar-refractivity contribution in [1.82, 2.24) is 4.90 Å². The zero-order chi connectivity index (χ0) is 14.5. The van der Waals surface area contributed by atoms with Gasteiger partial charge in [0.2, 0.25) is 5.91 Å². The second kappa shape index (κ2) is 7.02. The number of carbonyl (C=O) groups is 1. The maximum Gasteiger partial charge on any atom is 0.232 e. The molecule has 0 atom stereocenters. The molecule has 0 heterocycles. The van der Waals surface area contributed by atoms with Crippen molar-refractivity contribution in [2.75, 3.05) is 18.5 Å². The lowest BCUT2D eigenvalue weighted by atomic mass is 9.94. The Labute approximate surface area is 125 Å². The van der Waals surface area contributed by atoms with Crippen LogP contribution in [0, 0.1) is 6.92 Å². The lowest BCUT2D eigenvalue weighted by molar-refractivity contribution is -0.129. The van der Waals surface area contributed by atoms with Crippen LogP contribution < -0.4 is 5.73 Å². The number of nitrogens with two attached hydrogens (primary N) is 1. The molecule has 0 bridgehead atoms. The quantitative estimate of drug-likeness (QED) is 0.683. The fourth-order valence-electron chi connectivity index (χ4n) is 2.70. The zero-order valence-corrected chi connectivity index (χ0v) is 13.2. The molecule has 0 radical (unpaired) electrons. The first-order chi connectivity index (χ1) is 9.59. The van der Waals surface area contributed by atoms with Gasteiger partial charge in [0.25, 0.3) is 0 Å². The summed E-state index contributed by atoms with van der Waals surface area (Å²) in [5.74, 6) is 0.723. The monoisotopic (exact) mass is 292 g/mol. The number of rotatable bonds is 4. The Kier molecular flexibility index (Phi) is 5.35. The summed E-state index contributed by atoms with van der Waals surface area (Å²) >= 11 is 1.59. The number of anilines is 1. The second-order valence-electron chi connectivity index (χ2n) is 5.56. The van der Waals surface area contributed by atoms with Crippen molar-refractivity contribution in [2.45, 2.75) is 50.0 Å². The van der Waals surface area contributed by atoms with Gasteiger partial charge in [-0.2, -0.15) is 0 Å². The van der Waals surface area contributed by atoms with Crippen molar-refractivity contribution in [1.29, 1.82) is 0 Å². The molecule has 1 fully saturated rings. The van der Waals surface area contributed by atoms with Crippen LogP contribution >= 0.6 is 11.8 Å². The minimum Gasteiger partial charge on any atom is -0.398 e. The van der Waals surface area contributed by atoms with Crippen molar-refractivity contribution in [3.63, 3.8) is 0 Å². The van der Waals surface area contributed by atoms with E-state index in [0.717, 1.165) is 29.0 Å². The van der Waals surface area contributed by atoms with Gasteiger partial charge in [-0.25, -0.2) is 0 Å². The molecule has 1 aliphatic carbocycles. The Balaban J connectivity index is 1.89. The number of amides is 1. The fourth-order valence-corrected chi connectivity index (χ4v) is 3.69. The Morgan fingerprint density at radius 3 is 2.75 bits per heavy atom. The van der Waals surface area contributed by atoms with Gasteiger partial charge < -0.3 is 10.6 Å². The molecule has 1 aromatic rings. The molecule has 110 valence electrons. The highest BCUT2D eigenvalue weighted by atomic mass is 32.2. The van der Waals surface area contributed by atoms with Crippen LogP contribution in [0.4, 0.5) is 5.69 Å². The molecule has 0 aromatic heterocycles. The number of carbonyl (C=O) groups excluding carboxylic acids is 1. The standard InChI is InChI=1S/C16H24N2OS/c1-12-14(17)9-6-10-15(12)20-11-16(19)18(2)13-7-4-3-5-8-13/h6,9-10,13H,3-5,7-8,11,17H2,1-2H3. The first-order valence-corrected chi connectivity index (χ1v) is 8.31. The van der Waals surface area contributed by atoms with Crippen LogP contribution in [-0.4, -0.2) is 29.6 Å². The maximum absolute atomic E-state index is 12.3. The average Bonchev–Trinajstić information content (AvgIpc) is 2.48. The van der Waals surface area contributed by atoms with Crippen LogP contribution in [-0.2, 0) is 4.79 Å². The summed E-state index contributed by atoms with van der Waals surface area (Å²) in [6, 6.07) is 6.32. The van der Waals surface area contributed by atoms with E-state index in [1.807, 2.05) is 37.1 Å². The Hall–Kier alpha value is -1.16. The summed E-state index contributed by atoms with van der Waals surface area (Å²) in [6.45, 7) is 2.01. The highest BCUT2D eigenvalue weighted by molar-refractivity contribution is 8.00. The minimum atomic E-state index is 0.226. The molecular weight excluding hydrogens is 268 g/mol. The van der Waals surface area contributed by atoms with Gasteiger partial charge in [-0.3, -0.25) is 4.79 Å². The van der Waals surface area contributed by atoms with Crippen LogP contribution in [0.1, 0.15) is 37.7 Å². The summed E-state index contributed by atoms with van der Waals surface area (Å²) < 4.78 is 0. The van der Waals surface area contributed by atoms with Gasteiger partial charge in [0.1, 0.15) is 0 Å².